The average molecular weight is 226 g/mol. The molecule has 0 aromatic carbocycles. The van der Waals surface area contributed by atoms with Gasteiger partial charge in [-0.05, 0) is 19.1 Å². The highest BCUT2D eigenvalue weighted by molar-refractivity contribution is 5.87. The fraction of sp³-hybridized carbons (Fsp3) is 0.0909. The van der Waals surface area contributed by atoms with Crippen LogP contribution in [0.5, 0.6) is 0 Å². The van der Waals surface area contributed by atoms with Crippen molar-refractivity contribution in [3.63, 3.8) is 0 Å². The van der Waals surface area contributed by atoms with Crippen molar-refractivity contribution in [2.75, 3.05) is 5.73 Å². The first-order chi connectivity index (χ1) is 8.24. The zero-order valence-corrected chi connectivity index (χ0v) is 9.18. The van der Waals surface area contributed by atoms with Crippen LogP contribution in [0.2, 0.25) is 0 Å². The van der Waals surface area contributed by atoms with Crippen molar-refractivity contribution in [2.24, 2.45) is 0 Å². The van der Waals surface area contributed by atoms with E-state index in [2.05, 4.69) is 24.9 Å². The maximum absolute atomic E-state index is 5.67. The van der Waals surface area contributed by atoms with E-state index < -0.39 is 0 Å². The molecule has 0 saturated heterocycles. The van der Waals surface area contributed by atoms with Gasteiger partial charge in [0.15, 0.2) is 5.65 Å². The number of nitrogen functional groups attached to an aromatic ring is 1. The molecule has 3 N–H and O–H groups in total. The lowest BCUT2D eigenvalue weighted by Crippen LogP contribution is -1.98. The Morgan fingerprint density at radius 2 is 2.12 bits per heavy atom. The van der Waals surface area contributed by atoms with Gasteiger partial charge in [0, 0.05) is 17.5 Å². The van der Waals surface area contributed by atoms with Crippen molar-refractivity contribution >= 4 is 17.1 Å². The molecule has 0 amide bonds. The molecule has 3 heterocycles. The van der Waals surface area contributed by atoms with Gasteiger partial charge in [0.25, 0.3) is 0 Å². The summed E-state index contributed by atoms with van der Waals surface area (Å²) in [5.41, 5.74) is 9.64. The van der Waals surface area contributed by atoms with E-state index in [1.807, 2.05) is 19.1 Å². The highest BCUT2D eigenvalue weighted by Gasteiger charge is 2.10. The maximum atomic E-state index is 5.67. The van der Waals surface area contributed by atoms with E-state index in [1.54, 1.807) is 12.5 Å². The lowest BCUT2D eigenvalue weighted by atomic mass is 10.1. The minimum absolute atomic E-state index is 0.217. The molecule has 0 aliphatic carbocycles. The minimum atomic E-state index is 0.217. The standard InChI is InChI=1S/C11H10N6/c1-6-4-7(2-3-13-6)8-9-10(15-5-14-9)17-11(12)16-8/h2-5H,1H3,(H3,12,14,15,16,17). The van der Waals surface area contributed by atoms with Gasteiger partial charge < -0.3 is 10.7 Å². The molecule has 0 bridgehead atoms. The molecule has 84 valence electrons. The molecule has 0 fully saturated rings. The van der Waals surface area contributed by atoms with Gasteiger partial charge in [-0.1, -0.05) is 0 Å². The van der Waals surface area contributed by atoms with Gasteiger partial charge in [-0.2, -0.15) is 4.98 Å². The second-order valence-corrected chi connectivity index (χ2v) is 3.72. The zero-order chi connectivity index (χ0) is 11.8. The molecule has 3 rings (SSSR count). The van der Waals surface area contributed by atoms with E-state index in [4.69, 9.17) is 5.73 Å². The first-order valence-corrected chi connectivity index (χ1v) is 5.13. The smallest absolute Gasteiger partial charge is 0.222 e. The molecule has 6 heteroatoms. The van der Waals surface area contributed by atoms with E-state index >= 15 is 0 Å². The van der Waals surface area contributed by atoms with Crippen molar-refractivity contribution in [3.05, 3.63) is 30.4 Å². The Bertz CT molecular complexity index is 687. The molecule has 3 aromatic heterocycles. The summed E-state index contributed by atoms with van der Waals surface area (Å²) in [4.78, 5) is 19.6. The van der Waals surface area contributed by atoms with E-state index in [9.17, 15) is 0 Å². The summed E-state index contributed by atoms with van der Waals surface area (Å²) in [7, 11) is 0. The van der Waals surface area contributed by atoms with Crippen LogP contribution in [0.1, 0.15) is 5.69 Å². The third-order valence-corrected chi connectivity index (χ3v) is 2.47. The van der Waals surface area contributed by atoms with Gasteiger partial charge in [0.1, 0.15) is 11.2 Å². The Morgan fingerprint density at radius 3 is 2.94 bits per heavy atom. The lowest BCUT2D eigenvalue weighted by Gasteiger charge is -2.03. The van der Waals surface area contributed by atoms with Crippen LogP contribution in [0.25, 0.3) is 22.4 Å². The number of anilines is 1. The molecular weight excluding hydrogens is 216 g/mol. The zero-order valence-electron chi connectivity index (χ0n) is 9.18. The van der Waals surface area contributed by atoms with Gasteiger partial charge >= 0.3 is 0 Å². The number of nitrogens with zero attached hydrogens (tertiary/aromatic N) is 4. The van der Waals surface area contributed by atoms with Gasteiger partial charge in [-0.25, -0.2) is 9.97 Å². The Balaban J connectivity index is 2.32. The summed E-state index contributed by atoms with van der Waals surface area (Å²) in [6.07, 6.45) is 3.32. The SMILES string of the molecule is Cc1cc(-c2nc(N)nc3nc[nH]c23)ccn1. The summed E-state index contributed by atoms with van der Waals surface area (Å²) in [6, 6.07) is 3.83. The predicted octanol–water partition coefficient (Wildman–Crippen LogP) is 1.31. The number of aromatic nitrogens is 5. The fourth-order valence-electron chi connectivity index (χ4n) is 1.75. The second-order valence-electron chi connectivity index (χ2n) is 3.72. The minimum Gasteiger partial charge on any atom is -0.368 e. The number of rotatable bonds is 1. The van der Waals surface area contributed by atoms with Crippen LogP contribution in [0.4, 0.5) is 5.95 Å². The number of H-pyrrole nitrogens is 1. The van der Waals surface area contributed by atoms with Crippen LogP contribution in [-0.2, 0) is 0 Å². The number of fused-ring (bicyclic) bond motifs is 1. The van der Waals surface area contributed by atoms with Crippen molar-refractivity contribution < 1.29 is 0 Å². The number of nitrogens with one attached hydrogen (secondary N) is 1. The normalized spacial score (nSPS) is 10.9. The number of nitrogens with two attached hydrogens (primary N) is 1. The molecule has 0 spiro atoms. The molecule has 0 unspecified atom stereocenters. The summed E-state index contributed by atoms with van der Waals surface area (Å²) in [6.45, 7) is 1.93. The van der Waals surface area contributed by atoms with Crippen LogP contribution in [0, 0.1) is 6.92 Å². The Morgan fingerprint density at radius 1 is 1.24 bits per heavy atom. The average Bonchev–Trinajstić information content (AvgIpc) is 2.75. The highest BCUT2D eigenvalue weighted by atomic mass is 15.1. The number of imidazole rings is 1. The van der Waals surface area contributed by atoms with Gasteiger partial charge in [0.05, 0.1) is 6.33 Å². The van der Waals surface area contributed by atoms with E-state index in [0.717, 1.165) is 22.5 Å². The number of aromatic amines is 1. The van der Waals surface area contributed by atoms with E-state index in [0.29, 0.717) is 5.65 Å². The number of pyridine rings is 1. The molecule has 0 aliphatic rings. The number of hydrogen-bond donors (Lipinski definition) is 2. The third kappa shape index (κ3) is 1.59. The van der Waals surface area contributed by atoms with Crippen LogP contribution >= 0.6 is 0 Å². The summed E-state index contributed by atoms with van der Waals surface area (Å²) < 4.78 is 0. The van der Waals surface area contributed by atoms with Crippen LogP contribution < -0.4 is 5.73 Å². The van der Waals surface area contributed by atoms with E-state index in [1.165, 1.54) is 0 Å². The molecule has 6 nitrogen and oxygen atoms in total. The van der Waals surface area contributed by atoms with E-state index in [-0.39, 0.29) is 5.95 Å². The van der Waals surface area contributed by atoms with Crippen LogP contribution in [-0.4, -0.2) is 24.9 Å². The highest BCUT2D eigenvalue weighted by Crippen LogP contribution is 2.24. The molecule has 3 aromatic rings. The van der Waals surface area contributed by atoms with Crippen molar-refractivity contribution in [2.45, 2.75) is 6.92 Å². The number of hydrogen-bond acceptors (Lipinski definition) is 5. The second kappa shape index (κ2) is 3.51. The summed E-state index contributed by atoms with van der Waals surface area (Å²) >= 11 is 0. The Labute approximate surface area is 97.0 Å². The first kappa shape index (κ1) is 9.71. The summed E-state index contributed by atoms with van der Waals surface area (Å²) in [5.74, 6) is 0.217. The topological polar surface area (TPSA) is 93.4 Å². The van der Waals surface area contributed by atoms with Crippen molar-refractivity contribution in [1.82, 2.24) is 24.9 Å². The van der Waals surface area contributed by atoms with Crippen LogP contribution in [0.3, 0.4) is 0 Å². The lowest BCUT2D eigenvalue weighted by molar-refractivity contribution is 1.18. The van der Waals surface area contributed by atoms with Gasteiger partial charge in [-0.3, -0.25) is 4.98 Å². The predicted molar refractivity (Wildman–Crippen MR) is 64.1 cm³/mol. The maximum Gasteiger partial charge on any atom is 0.222 e. The van der Waals surface area contributed by atoms with Crippen molar-refractivity contribution in [1.29, 1.82) is 0 Å². The Kier molecular flexibility index (Phi) is 2.01. The fourth-order valence-corrected chi connectivity index (χ4v) is 1.75. The largest absolute Gasteiger partial charge is 0.368 e. The molecule has 0 radical (unpaired) electrons. The summed E-state index contributed by atoms with van der Waals surface area (Å²) in [5, 5.41) is 0. The molecule has 0 atom stereocenters. The Hall–Kier alpha value is -2.50. The third-order valence-electron chi connectivity index (χ3n) is 2.47. The molecule has 0 aliphatic heterocycles. The molecule has 0 saturated carbocycles. The quantitative estimate of drug-likeness (QED) is 0.652. The van der Waals surface area contributed by atoms with Gasteiger partial charge in [0.2, 0.25) is 5.95 Å². The first-order valence-electron chi connectivity index (χ1n) is 5.13. The number of aryl methyl sites for hydroxylation is 1. The monoisotopic (exact) mass is 226 g/mol. The molecular formula is C11H10N6. The molecule has 17 heavy (non-hydrogen) atoms. The van der Waals surface area contributed by atoms with Crippen LogP contribution in [0.15, 0.2) is 24.7 Å². The van der Waals surface area contributed by atoms with Crippen molar-refractivity contribution in [3.8, 4) is 11.3 Å². The van der Waals surface area contributed by atoms with Gasteiger partial charge in [-0.15, -0.1) is 0 Å².